The molecule has 10 nitrogen and oxygen atoms in total. The van der Waals surface area contributed by atoms with Crippen molar-refractivity contribution in [3.05, 3.63) is 108 Å². The first-order valence-corrected chi connectivity index (χ1v) is 19.3. The molecule has 0 fully saturated rings. The quantitative estimate of drug-likeness (QED) is 0.0270. The van der Waals surface area contributed by atoms with E-state index in [1.54, 1.807) is 0 Å². The van der Waals surface area contributed by atoms with Crippen molar-refractivity contribution < 1.29 is 38.0 Å². The summed E-state index contributed by atoms with van der Waals surface area (Å²) in [6.07, 6.45) is 10.1. The van der Waals surface area contributed by atoms with Gasteiger partial charge in [-0.1, -0.05) is 26.7 Å². The molecule has 0 spiro atoms. The lowest BCUT2D eigenvalue weighted by atomic mass is 10.2. The van der Waals surface area contributed by atoms with Crippen molar-refractivity contribution in [2.24, 2.45) is 9.98 Å². The first-order chi connectivity index (χ1) is 27.0. The van der Waals surface area contributed by atoms with Gasteiger partial charge in [0.15, 0.2) is 0 Å². The molecular weight excluding hydrogens is 697 g/mol. The van der Waals surface area contributed by atoms with Crippen LogP contribution in [-0.2, 0) is 19.1 Å². The molecule has 0 saturated carbocycles. The fraction of sp³-hybridized carbons (Fsp3) is 0.378. The highest BCUT2D eigenvalue weighted by molar-refractivity contribution is 5.91. The minimum Gasteiger partial charge on any atom is -0.494 e. The fourth-order valence-electron chi connectivity index (χ4n) is 4.90. The topological polar surface area (TPSA) is 114 Å². The number of carbonyl (C=O) groups excluding carboxylic acids is 2. The van der Waals surface area contributed by atoms with Crippen LogP contribution in [0.1, 0.15) is 82.8 Å². The maximum Gasteiger partial charge on any atom is 0.317 e. The van der Waals surface area contributed by atoms with Gasteiger partial charge in [-0.3, -0.25) is 19.6 Å². The maximum atomic E-state index is 12.0. The van der Waals surface area contributed by atoms with E-state index in [0.29, 0.717) is 38.9 Å². The fourth-order valence-corrected chi connectivity index (χ4v) is 4.90. The van der Waals surface area contributed by atoms with Crippen LogP contribution in [0.5, 0.6) is 23.0 Å². The minimum absolute atomic E-state index is 0.213. The number of rotatable bonds is 26. The molecule has 0 aromatic heterocycles. The number of hydrogen-bond acceptors (Lipinski definition) is 10. The Balaban J connectivity index is 0.976. The van der Waals surface area contributed by atoms with E-state index >= 15 is 0 Å². The van der Waals surface area contributed by atoms with Gasteiger partial charge in [0.05, 0.1) is 51.0 Å². The van der Waals surface area contributed by atoms with Crippen molar-refractivity contribution in [1.82, 2.24) is 0 Å². The molecule has 0 unspecified atom stereocenters. The number of benzene rings is 4. The van der Waals surface area contributed by atoms with E-state index in [4.69, 9.17) is 28.4 Å². The first-order valence-electron chi connectivity index (χ1n) is 19.3. The summed E-state index contributed by atoms with van der Waals surface area (Å²) in [4.78, 5) is 33.1. The number of ether oxygens (including phenoxy) is 6. The van der Waals surface area contributed by atoms with Crippen LogP contribution in [0.4, 0.5) is 11.4 Å². The molecule has 0 heterocycles. The lowest BCUT2D eigenvalue weighted by molar-refractivity contribution is -0.154. The highest BCUT2D eigenvalue weighted by atomic mass is 16.6. The molecule has 4 rings (SSSR count). The van der Waals surface area contributed by atoms with Crippen LogP contribution < -0.4 is 18.9 Å². The summed E-state index contributed by atoms with van der Waals surface area (Å²) in [7, 11) is 0. The van der Waals surface area contributed by atoms with Gasteiger partial charge in [-0.15, -0.1) is 0 Å². The lowest BCUT2D eigenvalue weighted by Crippen LogP contribution is -2.15. The smallest absolute Gasteiger partial charge is 0.317 e. The normalized spacial score (nSPS) is 11.1. The van der Waals surface area contributed by atoms with Crippen molar-refractivity contribution in [2.45, 2.75) is 71.6 Å². The monoisotopic (exact) mass is 750 g/mol. The minimum atomic E-state index is -0.596. The Labute approximate surface area is 325 Å². The summed E-state index contributed by atoms with van der Waals surface area (Å²) in [5.74, 6) is 2.01. The van der Waals surface area contributed by atoms with Gasteiger partial charge in [0.2, 0.25) is 0 Å². The summed E-state index contributed by atoms with van der Waals surface area (Å²) in [6.45, 7) is 7.12. The number of aliphatic imine (C=N–C) groups is 2. The van der Waals surface area contributed by atoms with E-state index in [9.17, 15) is 9.59 Å². The Hall–Kier alpha value is -5.64. The zero-order chi connectivity index (χ0) is 38.8. The van der Waals surface area contributed by atoms with Crippen LogP contribution in [0.2, 0.25) is 0 Å². The van der Waals surface area contributed by atoms with Crippen molar-refractivity contribution in [3.63, 3.8) is 0 Å². The van der Waals surface area contributed by atoms with Crippen LogP contribution in [0.3, 0.4) is 0 Å². The Kier molecular flexibility index (Phi) is 19.4. The van der Waals surface area contributed by atoms with Gasteiger partial charge in [0.1, 0.15) is 29.4 Å². The number of carbonyl (C=O) groups is 2. The Morgan fingerprint density at radius 2 is 0.745 bits per heavy atom. The van der Waals surface area contributed by atoms with Gasteiger partial charge < -0.3 is 28.4 Å². The molecule has 0 aliphatic carbocycles. The summed E-state index contributed by atoms with van der Waals surface area (Å²) < 4.78 is 33.3. The van der Waals surface area contributed by atoms with Crippen molar-refractivity contribution in [3.8, 4) is 23.0 Å². The molecule has 0 amide bonds. The van der Waals surface area contributed by atoms with Crippen molar-refractivity contribution in [1.29, 1.82) is 0 Å². The van der Waals surface area contributed by atoms with Crippen LogP contribution in [0.25, 0.3) is 0 Å². The number of unbranched alkanes of at least 4 members (excludes halogenated alkanes) is 4. The lowest BCUT2D eigenvalue weighted by Gasteiger charge is -2.08. The molecule has 4 aromatic rings. The molecule has 0 N–H and O–H groups in total. The average molecular weight is 751 g/mol. The van der Waals surface area contributed by atoms with Crippen LogP contribution in [0, 0.1) is 0 Å². The molecule has 55 heavy (non-hydrogen) atoms. The van der Waals surface area contributed by atoms with Gasteiger partial charge >= 0.3 is 11.9 Å². The second-order valence-electron chi connectivity index (χ2n) is 12.8. The zero-order valence-electron chi connectivity index (χ0n) is 32.2. The van der Waals surface area contributed by atoms with E-state index in [0.717, 1.165) is 84.4 Å². The van der Waals surface area contributed by atoms with Crippen LogP contribution in [-0.4, -0.2) is 64.0 Å². The van der Waals surface area contributed by atoms with Crippen molar-refractivity contribution >= 4 is 35.7 Å². The molecule has 0 aliphatic rings. The molecule has 0 radical (unpaired) electrons. The molecule has 292 valence electrons. The number of esters is 2. The van der Waals surface area contributed by atoms with E-state index in [2.05, 4.69) is 23.8 Å². The Morgan fingerprint density at radius 1 is 0.436 bits per heavy atom. The largest absolute Gasteiger partial charge is 0.494 e. The molecular formula is C45H54N2O8. The summed E-state index contributed by atoms with van der Waals surface area (Å²) in [5, 5.41) is 0. The molecule has 0 aliphatic heterocycles. The molecule has 0 atom stereocenters. The highest BCUT2D eigenvalue weighted by Gasteiger charge is 2.12. The second kappa shape index (κ2) is 25.4. The van der Waals surface area contributed by atoms with Crippen molar-refractivity contribution in [2.75, 3.05) is 39.6 Å². The Morgan fingerprint density at radius 3 is 1.09 bits per heavy atom. The van der Waals surface area contributed by atoms with Gasteiger partial charge in [-0.05, 0) is 147 Å². The van der Waals surface area contributed by atoms with Gasteiger partial charge in [-0.25, -0.2) is 0 Å². The third-order valence-electron chi connectivity index (χ3n) is 8.12. The third kappa shape index (κ3) is 17.8. The van der Waals surface area contributed by atoms with Crippen LogP contribution in [0.15, 0.2) is 107 Å². The number of nitrogens with zero attached hydrogens (tertiary/aromatic N) is 2. The third-order valence-corrected chi connectivity index (χ3v) is 8.12. The highest BCUT2D eigenvalue weighted by Crippen LogP contribution is 2.21. The van der Waals surface area contributed by atoms with Crippen LogP contribution >= 0.6 is 0 Å². The summed E-state index contributed by atoms with van der Waals surface area (Å²) in [6, 6.07) is 30.8. The standard InChI is InChI=1S/C45H54N2O8/c1-3-5-27-50-42-23-15-38(16-24-42)46-34-36-11-19-40(20-12-36)52-29-7-9-31-54-44(48)33-45(49)55-32-10-8-30-53-41-21-13-37(14-22-41)35-47-39-17-25-43(26-18-39)51-28-6-4-2/h11-26,34-35H,3-10,27-33H2,1-2H3. The van der Waals surface area contributed by atoms with Gasteiger partial charge in [0.25, 0.3) is 0 Å². The SMILES string of the molecule is CCCCOc1ccc(N=Cc2ccc(OCCCCOC(=O)CC(=O)OCCCCOc3ccc(C=Nc4ccc(OCCCC)cc4)cc3)cc2)cc1. The number of hydrogen-bond donors (Lipinski definition) is 0. The summed E-state index contributed by atoms with van der Waals surface area (Å²) in [5.41, 5.74) is 3.63. The zero-order valence-corrected chi connectivity index (χ0v) is 32.2. The maximum absolute atomic E-state index is 12.0. The molecule has 10 heteroatoms. The second-order valence-corrected chi connectivity index (χ2v) is 12.8. The summed E-state index contributed by atoms with van der Waals surface area (Å²) >= 11 is 0. The Bertz CT molecular complexity index is 1590. The average Bonchev–Trinajstić information content (AvgIpc) is 3.21. The predicted molar refractivity (Wildman–Crippen MR) is 217 cm³/mol. The molecule has 0 saturated heterocycles. The predicted octanol–water partition coefficient (Wildman–Crippen LogP) is 10.0. The van der Waals surface area contributed by atoms with Gasteiger partial charge in [-0.2, -0.15) is 0 Å². The first kappa shape index (κ1) is 42.1. The van der Waals surface area contributed by atoms with E-state index < -0.39 is 18.4 Å². The van der Waals surface area contributed by atoms with E-state index in [-0.39, 0.29) is 13.2 Å². The molecule has 0 bridgehead atoms. The van der Waals surface area contributed by atoms with E-state index in [1.807, 2.05) is 109 Å². The van der Waals surface area contributed by atoms with Gasteiger partial charge in [0, 0.05) is 12.4 Å². The van der Waals surface area contributed by atoms with E-state index in [1.165, 1.54) is 0 Å². The molecule has 4 aromatic carbocycles.